The van der Waals surface area contributed by atoms with Crippen molar-refractivity contribution in [3.63, 3.8) is 0 Å². The molecular formula is C14H30O3. The number of hydrogen-bond acceptors (Lipinski definition) is 3. The zero-order chi connectivity index (χ0) is 13.7. The Morgan fingerprint density at radius 2 is 1.47 bits per heavy atom. The fourth-order valence-electron chi connectivity index (χ4n) is 1.83. The molecule has 0 rings (SSSR count). The fourth-order valence-corrected chi connectivity index (χ4v) is 1.83. The van der Waals surface area contributed by atoms with Crippen molar-refractivity contribution in [3.8, 4) is 0 Å². The summed E-state index contributed by atoms with van der Waals surface area (Å²) in [6.45, 7) is 13.7. The maximum Gasteiger partial charge on any atom is 0.101 e. The van der Waals surface area contributed by atoms with E-state index in [2.05, 4.69) is 6.92 Å². The van der Waals surface area contributed by atoms with E-state index in [1.165, 1.54) is 0 Å². The zero-order valence-corrected chi connectivity index (χ0v) is 12.6. The van der Waals surface area contributed by atoms with Gasteiger partial charge in [-0.1, -0.05) is 19.8 Å². The molecule has 3 nitrogen and oxygen atoms in total. The maximum atomic E-state index is 10.3. The van der Waals surface area contributed by atoms with Gasteiger partial charge in [-0.25, -0.2) is 9.78 Å². The van der Waals surface area contributed by atoms with Crippen LogP contribution in [0, 0.1) is 0 Å². The van der Waals surface area contributed by atoms with E-state index in [1.54, 1.807) is 0 Å². The van der Waals surface area contributed by atoms with E-state index in [0.717, 1.165) is 19.3 Å². The van der Waals surface area contributed by atoms with Crippen LogP contribution in [0.15, 0.2) is 0 Å². The maximum absolute atomic E-state index is 10.3. The molecule has 0 saturated carbocycles. The van der Waals surface area contributed by atoms with Crippen molar-refractivity contribution in [2.75, 3.05) is 0 Å². The van der Waals surface area contributed by atoms with Crippen molar-refractivity contribution in [3.05, 3.63) is 0 Å². The Morgan fingerprint density at radius 1 is 0.941 bits per heavy atom. The van der Waals surface area contributed by atoms with Crippen LogP contribution in [-0.4, -0.2) is 21.9 Å². The van der Waals surface area contributed by atoms with E-state index in [4.69, 9.17) is 9.78 Å². The molecule has 0 aromatic heterocycles. The summed E-state index contributed by atoms with van der Waals surface area (Å²) >= 11 is 0. The van der Waals surface area contributed by atoms with Crippen LogP contribution in [0.2, 0.25) is 0 Å². The molecule has 0 aliphatic carbocycles. The lowest BCUT2D eigenvalue weighted by atomic mass is 9.87. The molecule has 17 heavy (non-hydrogen) atoms. The van der Waals surface area contributed by atoms with Crippen LogP contribution in [0.1, 0.15) is 74.1 Å². The van der Waals surface area contributed by atoms with Gasteiger partial charge in [0.05, 0.1) is 11.2 Å². The summed E-state index contributed by atoms with van der Waals surface area (Å²) in [7, 11) is 0. The number of hydrogen-bond donors (Lipinski definition) is 1. The van der Waals surface area contributed by atoms with Gasteiger partial charge in [-0.3, -0.25) is 0 Å². The molecule has 3 heteroatoms. The van der Waals surface area contributed by atoms with E-state index in [9.17, 15) is 5.11 Å². The summed E-state index contributed by atoms with van der Waals surface area (Å²) in [5.74, 6) is 0. The summed E-state index contributed by atoms with van der Waals surface area (Å²) in [6, 6.07) is 0. The minimum absolute atomic E-state index is 0.327. The van der Waals surface area contributed by atoms with Gasteiger partial charge in [-0.2, -0.15) is 0 Å². The minimum atomic E-state index is -0.694. The largest absolute Gasteiger partial charge is 0.390 e. The van der Waals surface area contributed by atoms with Crippen molar-refractivity contribution in [1.82, 2.24) is 0 Å². The van der Waals surface area contributed by atoms with Gasteiger partial charge in [-0.05, 0) is 48.0 Å². The highest BCUT2D eigenvalue weighted by atomic mass is 17.2. The van der Waals surface area contributed by atoms with Gasteiger partial charge in [0.25, 0.3) is 0 Å². The lowest BCUT2D eigenvalue weighted by molar-refractivity contribution is -0.402. The Morgan fingerprint density at radius 3 is 1.88 bits per heavy atom. The number of unbranched alkanes of at least 4 members (excludes halogenated alkanes) is 1. The van der Waals surface area contributed by atoms with Crippen molar-refractivity contribution in [2.24, 2.45) is 0 Å². The van der Waals surface area contributed by atoms with Gasteiger partial charge >= 0.3 is 0 Å². The average Bonchev–Trinajstić information content (AvgIpc) is 2.09. The van der Waals surface area contributed by atoms with Crippen molar-refractivity contribution >= 4 is 0 Å². The average molecular weight is 246 g/mol. The first-order valence-corrected chi connectivity index (χ1v) is 6.57. The van der Waals surface area contributed by atoms with Crippen LogP contribution in [0.3, 0.4) is 0 Å². The number of aliphatic hydroxyl groups is 1. The molecule has 0 fully saturated rings. The van der Waals surface area contributed by atoms with Crippen molar-refractivity contribution in [1.29, 1.82) is 0 Å². The van der Waals surface area contributed by atoms with Crippen LogP contribution in [0.4, 0.5) is 0 Å². The first kappa shape index (κ1) is 16.9. The molecule has 0 radical (unpaired) electrons. The van der Waals surface area contributed by atoms with Gasteiger partial charge in [0.15, 0.2) is 0 Å². The van der Waals surface area contributed by atoms with Gasteiger partial charge in [0.1, 0.15) is 5.60 Å². The fraction of sp³-hybridized carbons (Fsp3) is 1.00. The first-order valence-electron chi connectivity index (χ1n) is 6.57. The quantitative estimate of drug-likeness (QED) is 0.548. The van der Waals surface area contributed by atoms with Crippen molar-refractivity contribution in [2.45, 2.75) is 91.0 Å². The highest BCUT2D eigenvalue weighted by Gasteiger charge is 2.33. The molecule has 0 aliphatic heterocycles. The van der Waals surface area contributed by atoms with Crippen LogP contribution in [-0.2, 0) is 9.78 Å². The molecule has 0 aromatic carbocycles. The Hall–Kier alpha value is -0.120. The smallest absolute Gasteiger partial charge is 0.101 e. The third kappa shape index (κ3) is 9.57. The first-order chi connectivity index (χ1) is 7.47. The van der Waals surface area contributed by atoms with E-state index < -0.39 is 11.2 Å². The molecule has 0 aromatic rings. The predicted molar refractivity (Wildman–Crippen MR) is 70.8 cm³/mol. The molecule has 0 aliphatic rings. The molecule has 0 bridgehead atoms. The second kappa shape index (κ2) is 6.17. The highest BCUT2D eigenvalue weighted by Crippen LogP contribution is 2.29. The van der Waals surface area contributed by atoms with Crippen LogP contribution < -0.4 is 0 Å². The molecule has 1 atom stereocenters. The van der Waals surface area contributed by atoms with Crippen LogP contribution >= 0.6 is 0 Å². The Kier molecular flexibility index (Phi) is 6.12. The van der Waals surface area contributed by atoms with Crippen LogP contribution in [0.25, 0.3) is 0 Å². The lowest BCUT2D eigenvalue weighted by Crippen LogP contribution is -2.39. The zero-order valence-electron chi connectivity index (χ0n) is 12.6. The Bertz CT molecular complexity index is 214. The molecule has 0 heterocycles. The summed E-state index contributed by atoms with van der Waals surface area (Å²) in [5.41, 5.74) is -1.50. The molecular weight excluding hydrogens is 216 g/mol. The standard InChI is InChI=1S/C14H30O3/c1-8-9-10-14(7,15)11-13(5,6)17-16-12(2,3)4/h15H,8-11H2,1-7H3. The molecule has 0 saturated heterocycles. The molecule has 0 amide bonds. The van der Waals surface area contributed by atoms with Gasteiger partial charge in [0, 0.05) is 6.42 Å². The van der Waals surface area contributed by atoms with E-state index in [-0.39, 0.29) is 5.60 Å². The predicted octanol–water partition coefficient (Wildman–Crippen LogP) is 3.84. The van der Waals surface area contributed by atoms with E-state index >= 15 is 0 Å². The minimum Gasteiger partial charge on any atom is -0.390 e. The Labute approximate surface area is 106 Å². The Balaban J connectivity index is 4.23. The highest BCUT2D eigenvalue weighted by molar-refractivity contribution is 4.82. The van der Waals surface area contributed by atoms with E-state index in [0.29, 0.717) is 6.42 Å². The topological polar surface area (TPSA) is 38.7 Å². The molecule has 1 N–H and O–H groups in total. The second-order valence-corrected chi connectivity index (χ2v) is 6.82. The third-order valence-corrected chi connectivity index (χ3v) is 2.39. The molecule has 0 spiro atoms. The SMILES string of the molecule is CCCCC(C)(O)CC(C)(C)OOC(C)(C)C. The van der Waals surface area contributed by atoms with E-state index in [1.807, 2.05) is 41.5 Å². The van der Waals surface area contributed by atoms with Gasteiger partial charge in [-0.15, -0.1) is 0 Å². The van der Waals surface area contributed by atoms with Gasteiger partial charge in [0.2, 0.25) is 0 Å². The second-order valence-electron chi connectivity index (χ2n) is 6.82. The summed E-state index contributed by atoms with van der Waals surface area (Å²) in [4.78, 5) is 10.8. The van der Waals surface area contributed by atoms with Crippen molar-refractivity contribution < 1.29 is 14.9 Å². The lowest BCUT2D eigenvalue weighted by Gasteiger charge is -2.34. The molecule has 104 valence electrons. The van der Waals surface area contributed by atoms with Crippen LogP contribution in [0.5, 0.6) is 0 Å². The number of rotatable bonds is 7. The molecule has 1 unspecified atom stereocenters. The van der Waals surface area contributed by atoms with Gasteiger partial charge < -0.3 is 5.11 Å². The summed E-state index contributed by atoms with van der Waals surface area (Å²) < 4.78 is 0. The third-order valence-electron chi connectivity index (χ3n) is 2.39. The normalized spacial score (nSPS) is 16.9. The monoisotopic (exact) mass is 246 g/mol. The summed E-state index contributed by atoms with van der Waals surface area (Å²) in [6.07, 6.45) is 3.49. The summed E-state index contributed by atoms with van der Waals surface area (Å²) in [5, 5.41) is 10.3.